The highest BCUT2D eigenvalue weighted by atomic mass is 35.5. The van der Waals surface area contributed by atoms with E-state index in [9.17, 15) is 33.3 Å². The summed E-state index contributed by atoms with van der Waals surface area (Å²) < 4.78 is 44.2. The Morgan fingerprint density at radius 1 is 1.03 bits per heavy atom. The number of pyridine rings is 1. The van der Waals surface area contributed by atoms with Gasteiger partial charge >= 0.3 is 11.9 Å². The fraction of sp³-hybridized carbons (Fsp3) is 0.465. The zero-order valence-electron chi connectivity index (χ0n) is 33.2. The van der Waals surface area contributed by atoms with Gasteiger partial charge in [0.2, 0.25) is 0 Å². The average molecular weight is 873 g/mol. The standard InChI is InChI=1S/C43H51Cl2N3O10S/c1-41(45)34(31-10-4-3-5-11-31)12-8-14-43(41,58-19-9-16-47-18-15-42(27-47,28-49)40(52)53)29-57-38-22-37(56-26-30-20-33(24-46-23-30)59(2,54)55)32(21-35(38)44)25-48-17-7-6-13-36(48)39(50)51/h3-5,8,10-12,14,20-24,36,49H,6-7,9,13,15-19,25-29H2,1-2H3,(H,50,51)(H,52,53)/t36-,41?,42?,43?/m0/s1. The first-order chi connectivity index (χ1) is 28.1. The maximum atomic E-state index is 12.3. The Hall–Kier alpha value is -4.02. The number of piperidine rings is 1. The van der Waals surface area contributed by atoms with E-state index in [1.165, 1.54) is 18.5 Å². The molecule has 0 saturated carbocycles. The molecule has 2 aromatic carbocycles. The Morgan fingerprint density at radius 3 is 2.51 bits per heavy atom. The second kappa shape index (κ2) is 18.7. The van der Waals surface area contributed by atoms with Crippen LogP contribution in [0.3, 0.4) is 0 Å². The quantitative estimate of drug-likeness (QED) is 0.0989. The van der Waals surface area contributed by atoms with Crippen LogP contribution in [0.5, 0.6) is 11.5 Å². The van der Waals surface area contributed by atoms with Crippen molar-refractivity contribution in [2.24, 2.45) is 5.41 Å². The van der Waals surface area contributed by atoms with Crippen molar-refractivity contribution in [1.29, 1.82) is 0 Å². The van der Waals surface area contributed by atoms with Crippen molar-refractivity contribution >= 4 is 50.6 Å². The molecule has 3 unspecified atom stereocenters. The molecule has 2 saturated heterocycles. The Morgan fingerprint density at radius 2 is 1.81 bits per heavy atom. The van der Waals surface area contributed by atoms with Crippen molar-refractivity contribution in [2.75, 3.05) is 52.3 Å². The maximum Gasteiger partial charge on any atom is 0.320 e. The molecule has 3 heterocycles. The molecule has 3 N–H and O–H groups in total. The first-order valence-corrected chi connectivity index (χ1v) is 22.3. The lowest BCUT2D eigenvalue weighted by atomic mass is 9.76. The van der Waals surface area contributed by atoms with Crippen molar-refractivity contribution in [3.8, 4) is 11.5 Å². The van der Waals surface area contributed by atoms with Crippen LogP contribution >= 0.6 is 23.2 Å². The molecule has 0 bridgehead atoms. The number of hydrogen-bond donors (Lipinski definition) is 3. The van der Waals surface area contributed by atoms with Crippen molar-refractivity contribution in [3.63, 3.8) is 0 Å². The van der Waals surface area contributed by atoms with Crippen molar-refractivity contribution in [3.05, 3.63) is 101 Å². The Balaban J connectivity index is 1.27. The second-order valence-electron chi connectivity index (χ2n) is 15.8. The van der Waals surface area contributed by atoms with E-state index >= 15 is 0 Å². The molecular formula is C43H51Cl2N3O10S. The summed E-state index contributed by atoms with van der Waals surface area (Å²) in [5.74, 6) is -1.29. The van der Waals surface area contributed by atoms with Gasteiger partial charge in [0.25, 0.3) is 0 Å². The smallest absolute Gasteiger partial charge is 0.320 e. The summed E-state index contributed by atoms with van der Waals surface area (Å²) in [6, 6.07) is 13.9. The molecule has 318 valence electrons. The van der Waals surface area contributed by atoms with E-state index in [4.69, 9.17) is 37.4 Å². The third kappa shape index (κ3) is 10.1. The van der Waals surface area contributed by atoms with E-state index in [1.54, 1.807) is 12.1 Å². The number of carboxylic acid groups (broad SMARTS) is 2. The number of alkyl halides is 1. The highest BCUT2D eigenvalue weighted by molar-refractivity contribution is 7.90. The number of aliphatic carboxylic acids is 2. The number of ether oxygens (including phenoxy) is 3. The number of hydrogen-bond acceptors (Lipinski definition) is 11. The minimum absolute atomic E-state index is 0.0452. The summed E-state index contributed by atoms with van der Waals surface area (Å²) in [4.78, 5) is 31.0. The van der Waals surface area contributed by atoms with Gasteiger partial charge in [0.15, 0.2) is 9.84 Å². The zero-order valence-corrected chi connectivity index (χ0v) is 35.5. The number of rotatable bonds is 18. The van der Waals surface area contributed by atoms with Gasteiger partial charge in [-0.15, -0.1) is 11.6 Å². The Kier molecular flexibility index (Phi) is 14.1. The van der Waals surface area contributed by atoms with Crippen molar-refractivity contribution in [2.45, 2.75) is 73.6 Å². The number of aliphatic hydroxyl groups is 1. The molecule has 1 aliphatic carbocycles. The van der Waals surface area contributed by atoms with Crippen molar-refractivity contribution in [1.82, 2.24) is 14.8 Å². The summed E-state index contributed by atoms with van der Waals surface area (Å²) in [6.45, 7) is 3.70. The number of halogens is 2. The Labute approximate surface area is 355 Å². The highest BCUT2D eigenvalue weighted by Crippen LogP contribution is 2.48. The van der Waals surface area contributed by atoms with Crippen LogP contribution < -0.4 is 9.47 Å². The molecule has 0 spiro atoms. The number of aliphatic hydroxyl groups excluding tert-OH is 1. The van der Waals surface area contributed by atoms with Crippen LogP contribution in [0.1, 0.15) is 55.7 Å². The van der Waals surface area contributed by atoms with Crippen LogP contribution in [-0.2, 0) is 37.3 Å². The van der Waals surface area contributed by atoms with E-state index in [2.05, 4.69) is 4.98 Å². The average Bonchev–Trinajstić information content (AvgIpc) is 3.65. The van der Waals surface area contributed by atoms with Gasteiger partial charge in [-0.3, -0.25) is 19.5 Å². The molecule has 59 heavy (non-hydrogen) atoms. The SMILES string of the molecule is CC1(Cl)C(c2ccccc2)=CC=CC1(COc1cc(OCc2cncc(S(C)(=O)=O)c2)c(CN2CCCC[C@H]2C(=O)O)cc1Cl)OCCCN1CCC(CO)(C(=O)O)C1. The Bertz CT molecular complexity index is 2170. The number of benzene rings is 2. The molecular weight excluding hydrogens is 821 g/mol. The number of allylic oxidation sites excluding steroid dienone is 2. The van der Waals surface area contributed by atoms with E-state index < -0.39 is 50.3 Å². The predicted octanol–water partition coefficient (Wildman–Crippen LogP) is 6.10. The molecule has 16 heteroatoms. The molecule has 3 aromatic rings. The van der Waals surface area contributed by atoms with Crippen LogP contribution in [0, 0.1) is 5.41 Å². The van der Waals surface area contributed by atoms with E-state index in [0.717, 1.165) is 30.2 Å². The largest absolute Gasteiger partial charge is 0.488 e. The molecule has 1 aromatic heterocycles. The van der Waals surface area contributed by atoms with Crippen molar-refractivity contribution < 1.29 is 47.5 Å². The lowest BCUT2D eigenvalue weighted by Crippen LogP contribution is -2.55. The van der Waals surface area contributed by atoms with Gasteiger partial charge in [-0.1, -0.05) is 60.5 Å². The van der Waals surface area contributed by atoms with Gasteiger partial charge in [0, 0.05) is 62.1 Å². The first-order valence-electron chi connectivity index (χ1n) is 19.6. The summed E-state index contributed by atoms with van der Waals surface area (Å²) in [7, 11) is -3.52. The lowest BCUT2D eigenvalue weighted by molar-refractivity contribution is -0.150. The summed E-state index contributed by atoms with van der Waals surface area (Å²) in [5, 5.41) is 29.8. The number of likely N-dealkylation sites (tertiary alicyclic amines) is 2. The third-order valence-corrected chi connectivity index (χ3v) is 13.5. The number of sulfone groups is 1. The number of carbonyl (C=O) groups is 2. The second-order valence-corrected chi connectivity index (χ2v) is 18.9. The normalized spacial score (nSPS) is 25.1. The van der Waals surface area contributed by atoms with E-state index in [-0.39, 0.29) is 48.6 Å². The third-order valence-electron chi connectivity index (χ3n) is 11.6. The van der Waals surface area contributed by atoms with Gasteiger partial charge in [-0.25, -0.2) is 8.42 Å². The first kappa shape index (κ1) is 44.5. The minimum Gasteiger partial charge on any atom is -0.488 e. The molecule has 2 fully saturated rings. The highest BCUT2D eigenvalue weighted by Gasteiger charge is 2.52. The van der Waals surface area contributed by atoms with Gasteiger partial charge in [-0.2, -0.15) is 0 Å². The molecule has 13 nitrogen and oxygen atoms in total. The van der Waals surface area contributed by atoms with Gasteiger partial charge < -0.3 is 34.4 Å². The monoisotopic (exact) mass is 871 g/mol. The molecule has 0 radical (unpaired) electrons. The predicted molar refractivity (Wildman–Crippen MR) is 224 cm³/mol. The van der Waals surface area contributed by atoms with E-state index in [0.29, 0.717) is 55.8 Å². The lowest BCUT2D eigenvalue weighted by Gasteiger charge is -2.45. The minimum atomic E-state index is -3.52. The fourth-order valence-electron chi connectivity index (χ4n) is 8.01. The van der Waals surface area contributed by atoms with Crippen LogP contribution in [0.4, 0.5) is 0 Å². The summed E-state index contributed by atoms with van der Waals surface area (Å²) in [6.07, 6.45) is 12.7. The summed E-state index contributed by atoms with van der Waals surface area (Å²) >= 11 is 14.5. The van der Waals surface area contributed by atoms with E-state index in [1.807, 2.05) is 65.3 Å². The number of carboxylic acids is 2. The van der Waals surface area contributed by atoms with Crippen LogP contribution in [0.25, 0.3) is 5.57 Å². The van der Waals surface area contributed by atoms with Crippen LogP contribution in [0.15, 0.2) is 84.0 Å². The zero-order chi connectivity index (χ0) is 42.4. The number of aromatic nitrogens is 1. The molecule has 3 aliphatic rings. The molecule has 6 rings (SSSR count). The maximum absolute atomic E-state index is 12.3. The van der Waals surface area contributed by atoms with Gasteiger partial charge in [-0.05, 0) is 75.0 Å². The van der Waals surface area contributed by atoms with Crippen LogP contribution in [0.2, 0.25) is 5.02 Å². The fourth-order valence-corrected chi connectivity index (χ4v) is 9.21. The summed E-state index contributed by atoms with van der Waals surface area (Å²) in [5.41, 5.74) is 0.431. The molecule has 4 atom stereocenters. The molecule has 2 aliphatic heterocycles. The molecule has 0 amide bonds. The van der Waals surface area contributed by atoms with Gasteiger partial charge in [0.05, 0.1) is 16.5 Å². The van der Waals surface area contributed by atoms with Crippen LogP contribution in [-0.4, -0.2) is 119 Å². The van der Waals surface area contributed by atoms with Gasteiger partial charge in [0.1, 0.15) is 46.6 Å². The number of nitrogens with zero attached hydrogens (tertiary/aromatic N) is 3. The topological polar surface area (TPSA) is 176 Å².